The molecule has 0 aliphatic heterocycles. The lowest BCUT2D eigenvalue weighted by Crippen LogP contribution is -2.06. The van der Waals surface area contributed by atoms with Gasteiger partial charge < -0.3 is 5.32 Å². The molecule has 1 unspecified atom stereocenters. The summed E-state index contributed by atoms with van der Waals surface area (Å²) in [5.41, 5.74) is 3.82. The van der Waals surface area contributed by atoms with Crippen molar-refractivity contribution in [1.29, 1.82) is 0 Å². The lowest BCUT2D eigenvalue weighted by molar-refractivity contribution is 0.660. The van der Waals surface area contributed by atoms with Crippen LogP contribution >= 0.6 is 0 Å². The lowest BCUT2D eigenvalue weighted by Gasteiger charge is -2.14. The maximum Gasteiger partial charge on any atom is 0.0731 e. The fourth-order valence-corrected chi connectivity index (χ4v) is 2.30. The van der Waals surface area contributed by atoms with Gasteiger partial charge in [-0.15, -0.1) is 0 Å². The molecule has 0 fully saturated rings. The van der Waals surface area contributed by atoms with Crippen molar-refractivity contribution in [3.63, 3.8) is 0 Å². The van der Waals surface area contributed by atoms with Gasteiger partial charge in [-0.2, -0.15) is 5.10 Å². The quantitative estimate of drug-likeness (QED) is 0.808. The minimum Gasteiger partial charge on any atom is -0.376 e. The van der Waals surface area contributed by atoms with Crippen LogP contribution in [-0.2, 0) is 13.0 Å². The van der Waals surface area contributed by atoms with Crippen LogP contribution in [0.5, 0.6) is 0 Å². The number of nitrogens with zero attached hydrogens (tertiary/aromatic N) is 2. The Bertz CT molecular complexity index is 513. The summed E-state index contributed by atoms with van der Waals surface area (Å²) in [5, 5.41) is 7.78. The molecule has 108 valence electrons. The first-order chi connectivity index (χ1) is 9.72. The monoisotopic (exact) mass is 271 g/mol. The number of rotatable bonds is 7. The second kappa shape index (κ2) is 7.13. The maximum atomic E-state index is 4.28. The van der Waals surface area contributed by atoms with Crippen molar-refractivity contribution in [2.75, 3.05) is 5.32 Å². The van der Waals surface area contributed by atoms with Crippen LogP contribution in [0.2, 0.25) is 0 Å². The van der Waals surface area contributed by atoms with Crippen LogP contribution in [-0.4, -0.2) is 9.78 Å². The Morgan fingerprint density at radius 1 is 1.20 bits per heavy atom. The van der Waals surface area contributed by atoms with Gasteiger partial charge in [0.25, 0.3) is 0 Å². The van der Waals surface area contributed by atoms with Gasteiger partial charge in [-0.3, -0.25) is 4.68 Å². The molecule has 1 aromatic heterocycles. The van der Waals surface area contributed by atoms with Gasteiger partial charge in [0.15, 0.2) is 0 Å². The SMILES string of the molecule is CCCCc1ccc(C(C)Nc2cnn(CC)c2)cc1. The fourth-order valence-electron chi connectivity index (χ4n) is 2.30. The molecule has 2 aromatic rings. The summed E-state index contributed by atoms with van der Waals surface area (Å²) >= 11 is 0. The van der Waals surface area contributed by atoms with Crippen LogP contribution in [0, 0.1) is 0 Å². The molecule has 0 radical (unpaired) electrons. The molecule has 3 nitrogen and oxygen atoms in total. The van der Waals surface area contributed by atoms with E-state index in [1.54, 1.807) is 0 Å². The van der Waals surface area contributed by atoms with Gasteiger partial charge in [0.2, 0.25) is 0 Å². The third-order valence-corrected chi connectivity index (χ3v) is 3.64. The van der Waals surface area contributed by atoms with E-state index in [2.05, 4.69) is 55.5 Å². The summed E-state index contributed by atoms with van der Waals surface area (Å²) in [4.78, 5) is 0. The minimum atomic E-state index is 0.296. The molecule has 0 amide bonds. The van der Waals surface area contributed by atoms with Gasteiger partial charge in [-0.25, -0.2) is 0 Å². The van der Waals surface area contributed by atoms with E-state index in [0.29, 0.717) is 6.04 Å². The molecule has 20 heavy (non-hydrogen) atoms. The van der Waals surface area contributed by atoms with Gasteiger partial charge in [0.05, 0.1) is 11.9 Å². The molecule has 0 bridgehead atoms. The summed E-state index contributed by atoms with van der Waals surface area (Å²) in [5.74, 6) is 0. The number of aromatic nitrogens is 2. The predicted molar refractivity (Wildman–Crippen MR) is 85.0 cm³/mol. The van der Waals surface area contributed by atoms with E-state index in [-0.39, 0.29) is 0 Å². The van der Waals surface area contributed by atoms with Gasteiger partial charge in [-0.1, -0.05) is 37.6 Å². The smallest absolute Gasteiger partial charge is 0.0731 e. The summed E-state index contributed by atoms with van der Waals surface area (Å²) < 4.78 is 1.93. The number of benzene rings is 1. The molecule has 1 heterocycles. The van der Waals surface area contributed by atoms with Crippen LogP contribution in [0.3, 0.4) is 0 Å². The number of hydrogen-bond acceptors (Lipinski definition) is 2. The third-order valence-electron chi connectivity index (χ3n) is 3.64. The number of nitrogens with one attached hydrogen (secondary N) is 1. The van der Waals surface area contributed by atoms with E-state index in [0.717, 1.165) is 12.2 Å². The average molecular weight is 271 g/mol. The minimum absolute atomic E-state index is 0.296. The number of anilines is 1. The van der Waals surface area contributed by atoms with Crippen molar-refractivity contribution < 1.29 is 0 Å². The Morgan fingerprint density at radius 2 is 1.95 bits per heavy atom. The van der Waals surface area contributed by atoms with Crippen molar-refractivity contribution in [3.8, 4) is 0 Å². The Balaban J connectivity index is 1.96. The highest BCUT2D eigenvalue weighted by molar-refractivity contribution is 5.41. The highest BCUT2D eigenvalue weighted by Crippen LogP contribution is 2.19. The van der Waals surface area contributed by atoms with Crippen LogP contribution in [0.1, 0.15) is 50.8 Å². The van der Waals surface area contributed by atoms with Gasteiger partial charge >= 0.3 is 0 Å². The Kier molecular flexibility index (Phi) is 5.22. The molecular formula is C17H25N3. The number of aryl methyl sites for hydroxylation is 2. The van der Waals surface area contributed by atoms with E-state index in [1.165, 1.54) is 30.4 Å². The first kappa shape index (κ1) is 14.6. The molecule has 1 atom stereocenters. The van der Waals surface area contributed by atoms with Crippen molar-refractivity contribution in [3.05, 3.63) is 47.8 Å². The molecular weight excluding hydrogens is 246 g/mol. The zero-order valence-corrected chi connectivity index (χ0v) is 12.8. The van der Waals surface area contributed by atoms with E-state index >= 15 is 0 Å². The summed E-state index contributed by atoms with van der Waals surface area (Å²) in [7, 11) is 0. The largest absolute Gasteiger partial charge is 0.376 e. The van der Waals surface area contributed by atoms with Crippen molar-refractivity contribution in [2.45, 2.75) is 52.6 Å². The maximum absolute atomic E-state index is 4.28. The average Bonchev–Trinajstić information content (AvgIpc) is 2.93. The molecule has 0 spiro atoms. The highest BCUT2D eigenvalue weighted by Gasteiger charge is 2.06. The number of hydrogen-bond donors (Lipinski definition) is 1. The molecule has 1 aromatic carbocycles. The van der Waals surface area contributed by atoms with E-state index in [4.69, 9.17) is 0 Å². The van der Waals surface area contributed by atoms with Gasteiger partial charge in [0.1, 0.15) is 0 Å². The van der Waals surface area contributed by atoms with E-state index in [9.17, 15) is 0 Å². The Hall–Kier alpha value is -1.77. The zero-order chi connectivity index (χ0) is 14.4. The fraction of sp³-hybridized carbons (Fsp3) is 0.471. The molecule has 0 saturated carbocycles. The summed E-state index contributed by atoms with van der Waals surface area (Å²) in [6.07, 6.45) is 7.63. The Morgan fingerprint density at radius 3 is 2.55 bits per heavy atom. The second-order valence-electron chi connectivity index (χ2n) is 5.30. The van der Waals surface area contributed by atoms with Crippen molar-refractivity contribution >= 4 is 5.69 Å². The van der Waals surface area contributed by atoms with Gasteiger partial charge in [-0.05, 0) is 37.8 Å². The van der Waals surface area contributed by atoms with Crippen LogP contribution < -0.4 is 5.32 Å². The zero-order valence-electron chi connectivity index (χ0n) is 12.8. The van der Waals surface area contributed by atoms with Crippen LogP contribution in [0.4, 0.5) is 5.69 Å². The molecule has 0 saturated heterocycles. The van der Waals surface area contributed by atoms with E-state index < -0.39 is 0 Å². The standard InChI is InChI=1S/C17H25N3/c1-4-6-7-15-8-10-16(11-9-15)14(3)19-17-12-18-20(5-2)13-17/h8-14,19H,4-7H2,1-3H3. The molecule has 2 rings (SSSR count). The molecule has 1 N–H and O–H groups in total. The topological polar surface area (TPSA) is 29.9 Å². The molecule has 0 aliphatic rings. The lowest BCUT2D eigenvalue weighted by atomic mass is 10.0. The van der Waals surface area contributed by atoms with E-state index in [1.807, 2.05) is 17.1 Å². The summed E-state index contributed by atoms with van der Waals surface area (Å²) in [6, 6.07) is 9.25. The first-order valence-corrected chi connectivity index (χ1v) is 7.60. The molecule has 3 heteroatoms. The summed E-state index contributed by atoms with van der Waals surface area (Å²) in [6.45, 7) is 7.42. The predicted octanol–water partition coefficient (Wildman–Crippen LogP) is 4.42. The second-order valence-corrected chi connectivity index (χ2v) is 5.30. The van der Waals surface area contributed by atoms with Crippen LogP contribution in [0.25, 0.3) is 0 Å². The first-order valence-electron chi connectivity index (χ1n) is 7.60. The van der Waals surface area contributed by atoms with Crippen molar-refractivity contribution in [1.82, 2.24) is 9.78 Å². The normalized spacial score (nSPS) is 12.3. The van der Waals surface area contributed by atoms with Gasteiger partial charge in [0, 0.05) is 18.8 Å². The van der Waals surface area contributed by atoms with Crippen molar-refractivity contribution in [2.24, 2.45) is 0 Å². The molecule has 0 aliphatic carbocycles. The Labute approximate surface area is 122 Å². The van der Waals surface area contributed by atoms with Crippen LogP contribution in [0.15, 0.2) is 36.7 Å². The highest BCUT2D eigenvalue weighted by atomic mass is 15.3. The third kappa shape index (κ3) is 3.86. The number of unbranched alkanes of at least 4 members (excludes halogenated alkanes) is 1.